The Labute approximate surface area is 158 Å². The highest BCUT2D eigenvalue weighted by molar-refractivity contribution is 8.00. The highest BCUT2D eigenvalue weighted by atomic mass is 32.2. The lowest BCUT2D eigenvalue weighted by Gasteiger charge is -2.28. The van der Waals surface area contributed by atoms with E-state index in [4.69, 9.17) is 4.74 Å². The quantitative estimate of drug-likeness (QED) is 0.754. The zero-order valence-corrected chi connectivity index (χ0v) is 16.2. The van der Waals surface area contributed by atoms with Gasteiger partial charge in [-0.05, 0) is 44.4 Å². The fraction of sp³-hybridized carbons (Fsp3) is 0.500. The van der Waals surface area contributed by atoms with Crippen LogP contribution in [0.4, 0.5) is 4.79 Å². The number of urea groups is 1. The maximum atomic E-state index is 12.4. The van der Waals surface area contributed by atoms with Gasteiger partial charge in [0, 0.05) is 15.8 Å². The van der Waals surface area contributed by atoms with Gasteiger partial charge < -0.3 is 15.4 Å². The van der Waals surface area contributed by atoms with E-state index in [1.165, 1.54) is 37.0 Å². The van der Waals surface area contributed by atoms with Gasteiger partial charge in [-0.15, -0.1) is 11.8 Å². The largest absolute Gasteiger partial charge is 0.463 e. The molecule has 1 atom stereocenters. The molecule has 0 aromatic heterocycles. The van der Waals surface area contributed by atoms with Crippen molar-refractivity contribution in [1.82, 2.24) is 10.6 Å². The second-order valence-electron chi connectivity index (χ2n) is 6.74. The number of carbonyl (C=O) groups is 2. The molecule has 1 fully saturated rings. The molecule has 1 heterocycles. The topological polar surface area (TPSA) is 67.4 Å². The van der Waals surface area contributed by atoms with E-state index in [2.05, 4.69) is 22.8 Å². The molecule has 5 nitrogen and oxygen atoms in total. The smallest absolute Gasteiger partial charge is 0.338 e. The zero-order chi connectivity index (χ0) is 18.5. The molecule has 0 saturated heterocycles. The summed E-state index contributed by atoms with van der Waals surface area (Å²) in [6.07, 6.45) is 6.57. The number of thioether (sulfide) groups is 1. The minimum absolute atomic E-state index is 0.299. The van der Waals surface area contributed by atoms with Crippen molar-refractivity contribution >= 4 is 23.8 Å². The maximum absolute atomic E-state index is 12.4. The van der Waals surface area contributed by atoms with Crippen molar-refractivity contribution in [3.05, 3.63) is 41.1 Å². The lowest BCUT2D eigenvalue weighted by atomic mass is 9.96. The Morgan fingerprint density at radius 3 is 2.54 bits per heavy atom. The molecule has 2 aliphatic rings. The number of hydrogen-bond donors (Lipinski definition) is 2. The molecule has 1 aromatic carbocycles. The van der Waals surface area contributed by atoms with Crippen LogP contribution in [-0.4, -0.2) is 23.9 Å². The summed E-state index contributed by atoms with van der Waals surface area (Å²) in [6, 6.07) is 7.36. The van der Waals surface area contributed by atoms with Crippen molar-refractivity contribution in [3.63, 3.8) is 0 Å². The molecule has 3 rings (SSSR count). The maximum Gasteiger partial charge on any atom is 0.338 e. The third-order valence-corrected chi connectivity index (χ3v) is 6.18. The second kappa shape index (κ2) is 8.62. The molecule has 26 heavy (non-hydrogen) atoms. The molecular weight excluding hydrogens is 348 g/mol. The highest BCUT2D eigenvalue weighted by Gasteiger charge is 2.32. The van der Waals surface area contributed by atoms with E-state index in [-0.39, 0.29) is 6.03 Å². The van der Waals surface area contributed by atoms with Crippen molar-refractivity contribution in [2.45, 2.75) is 62.1 Å². The molecule has 6 heteroatoms. The van der Waals surface area contributed by atoms with E-state index < -0.39 is 12.0 Å². The predicted molar refractivity (Wildman–Crippen MR) is 103 cm³/mol. The van der Waals surface area contributed by atoms with Gasteiger partial charge in [-0.3, -0.25) is 0 Å². The van der Waals surface area contributed by atoms with Crippen molar-refractivity contribution in [1.29, 1.82) is 0 Å². The fourth-order valence-corrected chi connectivity index (χ4v) is 4.78. The number of carbonyl (C=O) groups excluding carboxylic acids is 2. The van der Waals surface area contributed by atoms with Crippen molar-refractivity contribution in [2.24, 2.45) is 0 Å². The molecule has 1 unspecified atom stereocenters. The predicted octanol–water partition coefficient (Wildman–Crippen LogP) is 4.30. The lowest BCUT2D eigenvalue weighted by molar-refractivity contribution is -0.139. The molecule has 0 bridgehead atoms. The Balaban J connectivity index is 1.78. The summed E-state index contributed by atoms with van der Waals surface area (Å²) in [5.41, 5.74) is 1.88. The molecule has 2 N–H and O–H groups in total. The molecule has 0 radical (unpaired) electrons. The summed E-state index contributed by atoms with van der Waals surface area (Å²) in [6.45, 7) is 3.80. The number of allylic oxidation sites excluding steroid dienone is 1. The molecule has 140 valence electrons. The van der Waals surface area contributed by atoms with Gasteiger partial charge in [0.05, 0.1) is 18.2 Å². The zero-order valence-electron chi connectivity index (χ0n) is 15.3. The highest BCUT2D eigenvalue weighted by Crippen LogP contribution is 2.35. The summed E-state index contributed by atoms with van der Waals surface area (Å²) in [5.74, 6) is -0.400. The Kier molecular flexibility index (Phi) is 6.25. The number of rotatable bonds is 5. The van der Waals surface area contributed by atoms with E-state index in [9.17, 15) is 9.59 Å². The number of hydrogen-bond acceptors (Lipinski definition) is 4. The van der Waals surface area contributed by atoms with E-state index >= 15 is 0 Å². The molecule has 1 aliphatic carbocycles. The molecular formula is C20H26N2O3S. The van der Waals surface area contributed by atoms with Gasteiger partial charge in [-0.1, -0.05) is 31.4 Å². The Morgan fingerprint density at radius 1 is 1.19 bits per heavy atom. The summed E-state index contributed by atoms with van der Waals surface area (Å²) in [7, 11) is 0. The van der Waals surface area contributed by atoms with Crippen LogP contribution in [0.15, 0.2) is 40.4 Å². The first-order valence-corrected chi connectivity index (χ1v) is 10.2. The van der Waals surface area contributed by atoms with Crippen LogP contribution in [0.1, 0.15) is 57.6 Å². The molecule has 1 aromatic rings. The van der Waals surface area contributed by atoms with E-state index in [0.717, 1.165) is 5.56 Å². The van der Waals surface area contributed by atoms with Gasteiger partial charge >= 0.3 is 12.0 Å². The van der Waals surface area contributed by atoms with Crippen molar-refractivity contribution in [3.8, 4) is 0 Å². The van der Waals surface area contributed by atoms with Crippen LogP contribution < -0.4 is 10.6 Å². The van der Waals surface area contributed by atoms with Crippen LogP contribution in [0, 0.1) is 0 Å². The minimum atomic E-state index is -0.489. The van der Waals surface area contributed by atoms with Crippen LogP contribution in [0.3, 0.4) is 0 Å². The average molecular weight is 375 g/mol. The Hall–Kier alpha value is -1.95. The third-order valence-electron chi connectivity index (χ3n) is 4.83. The number of amides is 2. The molecule has 0 spiro atoms. The average Bonchev–Trinajstić information content (AvgIpc) is 2.62. The van der Waals surface area contributed by atoms with E-state index in [0.29, 0.717) is 23.1 Å². The third kappa shape index (κ3) is 4.41. The molecule has 1 aliphatic heterocycles. The van der Waals surface area contributed by atoms with Crippen LogP contribution in [0.25, 0.3) is 0 Å². The van der Waals surface area contributed by atoms with Gasteiger partial charge in [-0.25, -0.2) is 9.59 Å². The molecule has 1 saturated carbocycles. The van der Waals surface area contributed by atoms with Gasteiger partial charge in [0.1, 0.15) is 0 Å². The van der Waals surface area contributed by atoms with Gasteiger partial charge in [0.25, 0.3) is 0 Å². The van der Waals surface area contributed by atoms with Crippen molar-refractivity contribution < 1.29 is 14.3 Å². The number of benzene rings is 1. The van der Waals surface area contributed by atoms with Crippen LogP contribution >= 0.6 is 11.8 Å². The van der Waals surface area contributed by atoms with Crippen LogP contribution in [-0.2, 0) is 9.53 Å². The minimum Gasteiger partial charge on any atom is -0.463 e. The van der Waals surface area contributed by atoms with Gasteiger partial charge in [0.2, 0.25) is 0 Å². The van der Waals surface area contributed by atoms with E-state index in [1.54, 1.807) is 13.8 Å². The SMILES string of the molecule is CCOC(=O)C1=C(C)NC(=O)NC1c1ccc(SC2CCCCC2)cc1. The summed E-state index contributed by atoms with van der Waals surface area (Å²) < 4.78 is 5.17. The van der Waals surface area contributed by atoms with Gasteiger partial charge in [0.15, 0.2) is 0 Å². The van der Waals surface area contributed by atoms with Crippen molar-refractivity contribution in [2.75, 3.05) is 6.61 Å². The Bertz CT molecular complexity index is 694. The summed E-state index contributed by atoms with van der Waals surface area (Å²) >= 11 is 1.93. The first-order valence-electron chi connectivity index (χ1n) is 9.30. The molecule has 2 amide bonds. The fourth-order valence-electron chi connectivity index (χ4n) is 3.54. The van der Waals surface area contributed by atoms with E-state index in [1.807, 2.05) is 23.9 Å². The Morgan fingerprint density at radius 2 is 1.88 bits per heavy atom. The lowest BCUT2D eigenvalue weighted by Crippen LogP contribution is -2.45. The van der Waals surface area contributed by atoms with Crippen LogP contribution in [0.5, 0.6) is 0 Å². The second-order valence-corrected chi connectivity index (χ2v) is 8.11. The monoisotopic (exact) mass is 374 g/mol. The number of esters is 1. The summed E-state index contributed by atoms with van der Waals surface area (Å²) in [5, 5.41) is 6.20. The summed E-state index contributed by atoms with van der Waals surface area (Å²) in [4.78, 5) is 25.5. The number of nitrogens with one attached hydrogen (secondary N) is 2. The van der Waals surface area contributed by atoms with Gasteiger partial charge in [-0.2, -0.15) is 0 Å². The normalized spacial score (nSPS) is 21.2. The number of ether oxygens (including phenoxy) is 1. The van der Waals surface area contributed by atoms with Crippen LogP contribution in [0.2, 0.25) is 0 Å². The first-order chi connectivity index (χ1) is 12.6. The standard InChI is InChI=1S/C20H26N2O3S/c1-3-25-19(23)17-13(2)21-20(24)22-18(17)14-9-11-16(12-10-14)26-15-7-5-4-6-8-15/h9-12,15,18H,3-8H2,1-2H3,(H2,21,22,24). The first kappa shape index (κ1) is 18.8.